The summed E-state index contributed by atoms with van der Waals surface area (Å²) in [5.41, 5.74) is 11.0. The molecule has 23 nitrogen and oxygen atoms in total. The number of nitrogens with zero attached hydrogens (tertiary/aromatic N) is 8. The lowest BCUT2D eigenvalue weighted by Gasteiger charge is -2.02. The number of hydrogen-bond acceptors (Lipinski definition) is 24. The minimum Gasteiger partial charge on any atom is -0.399 e. The van der Waals surface area contributed by atoms with Gasteiger partial charge in [0.25, 0.3) is 20.4 Å². The number of ether oxygens (including phenoxy) is 3. The number of halogens is 1. The van der Waals surface area contributed by atoms with Crippen LogP contribution < -0.4 is 11.5 Å². The molecule has 0 amide bonds. The molecule has 0 saturated heterocycles. The topological polar surface area (TPSA) is 346 Å². The molecule has 0 aliphatic heterocycles. The first-order chi connectivity index (χ1) is 29.2. The molecule has 0 atom stereocenters. The lowest BCUT2D eigenvalue weighted by atomic mass is 10.3. The molecule has 4 N–H and O–H groups in total. The van der Waals surface area contributed by atoms with Crippen LogP contribution in [0.25, 0.3) is 0 Å². The fraction of sp³-hybridized carbons (Fsp3) is 0.250. The Morgan fingerprint density at radius 3 is 1.18 bits per heavy atom. The summed E-state index contributed by atoms with van der Waals surface area (Å²) < 4.78 is 84.7. The van der Waals surface area contributed by atoms with Crippen LogP contribution in [-0.4, -0.2) is 87.0 Å². The Hall–Kier alpha value is -5.24. The maximum absolute atomic E-state index is 12.2. The van der Waals surface area contributed by atoms with Gasteiger partial charge in [0.15, 0.2) is 19.7 Å². The van der Waals surface area contributed by atoms with Gasteiger partial charge in [-0.1, -0.05) is 34.0 Å². The molecule has 0 bridgehead atoms. The van der Waals surface area contributed by atoms with Gasteiger partial charge in [-0.25, -0.2) is 25.3 Å². The average Bonchev–Trinajstić information content (AvgIpc) is 3.97. The van der Waals surface area contributed by atoms with Crippen molar-refractivity contribution in [2.75, 3.05) is 32.8 Å². The number of nitro benzene ring substituents is 2. The van der Waals surface area contributed by atoms with Gasteiger partial charge in [0.05, 0.1) is 37.7 Å². The van der Waals surface area contributed by atoms with Gasteiger partial charge < -0.3 is 25.7 Å². The number of sulfone groups is 2. The minimum atomic E-state index is -3.80. The smallest absolute Gasteiger partial charge is 0.269 e. The molecule has 0 radical (unpaired) electrons. The van der Waals surface area contributed by atoms with E-state index in [0.29, 0.717) is 44.1 Å². The molecule has 3 aromatic heterocycles. The number of non-ortho nitro benzene ring substituents is 2. The van der Waals surface area contributed by atoms with Crippen molar-refractivity contribution in [1.29, 1.82) is 0 Å². The third-order valence-corrected chi connectivity index (χ3v) is 14.4. The second kappa shape index (κ2) is 23.8. The van der Waals surface area contributed by atoms with Crippen LogP contribution >= 0.6 is 44.7 Å². The van der Waals surface area contributed by atoms with Crippen LogP contribution in [0.2, 0.25) is 0 Å². The number of nitrogens with two attached hydrogens (primary N) is 2. The van der Waals surface area contributed by atoms with Crippen LogP contribution in [0.4, 0.5) is 22.2 Å². The molecule has 30 heteroatoms. The quantitative estimate of drug-likeness (QED) is 0.0614. The molecule has 0 saturated carbocycles. The van der Waals surface area contributed by atoms with Crippen molar-refractivity contribution in [3.63, 3.8) is 0 Å². The molecule has 3 heterocycles. The molecule has 0 aliphatic carbocycles. The van der Waals surface area contributed by atoms with Crippen LogP contribution in [0.3, 0.4) is 0 Å². The Morgan fingerprint density at radius 1 is 0.532 bits per heavy atom. The third-order valence-electron chi connectivity index (χ3n) is 6.91. The summed E-state index contributed by atoms with van der Waals surface area (Å²) in [6.07, 6.45) is 0. The fourth-order valence-electron chi connectivity index (χ4n) is 4.18. The molecule has 6 aromatic rings. The second-order valence-corrected chi connectivity index (χ2v) is 21.5. The average molecular weight is 996 g/mol. The third kappa shape index (κ3) is 16.9. The number of rotatable bonds is 15. The highest BCUT2D eigenvalue weighted by molar-refractivity contribution is 8.13. The van der Waals surface area contributed by atoms with Crippen molar-refractivity contribution in [1.82, 2.24) is 30.6 Å². The molecule has 0 fully saturated rings. The van der Waals surface area contributed by atoms with Gasteiger partial charge in [-0.05, 0) is 48.5 Å². The largest absolute Gasteiger partial charge is 0.399 e. The van der Waals surface area contributed by atoms with E-state index < -0.39 is 38.6 Å². The number of nitrogen functional groups attached to an aromatic ring is 2. The van der Waals surface area contributed by atoms with E-state index in [1.807, 2.05) is 0 Å². The van der Waals surface area contributed by atoms with Crippen LogP contribution in [-0.2, 0) is 74.3 Å². The summed E-state index contributed by atoms with van der Waals surface area (Å²) in [5, 5.41) is 46.7. The van der Waals surface area contributed by atoms with Gasteiger partial charge in [0.2, 0.25) is 5.13 Å². The number of anilines is 2. The molecule has 0 unspecified atom stereocenters. The lowest BCUT2D eigenvalue weighted by Crippen LogP contribution is -2.05. The first kappa shape index (κ1) is 51.1. The predicted molar refractivity (Wildman–Crippen MR) is 228 cm³/mol. The van der Waals surface area contributed by atoms with Crippen LogP contribution in [0, 0.1) is 20.2 Å². The van der Waals surface area contributed by atoms with E-state index in [2.05, 4.69) is 30.6 Å². The highest BCUT2D eigenvalue weighted by Gasteiger charge is 2.20. The van der Waals surface area contributed by atoms with Crippen molar-refractivity contribution in [2.24, 2.45) is 0 Å². The molecule has 62 heavy (non-hydrogen) atoms. The van der Waals surface area contributed by atoms with Gasteiger partial charge in [0.1, 0.15) is 43.2 Å². The molecule has 334 valence electrons. The summed E-state index contributed by atoms with van der Waals surface area (Å²) in [5.74, 6) is -0.468. The maximum Gasteiger partial charge on any atom is 0.269 e. The first-order valence-corrected chi connectivity index (χ1v) is 24.7. The summed E-state index contributed by atoms with van der Waals surface area (Å²) in [7, 11) is -1.17. The van der Waals surface area contributed by atoms with Crippen molar-refractivity contribution in [3.05, 3.63) is 118 Å². The number of aromatic nitrogens is 6. The summed E-state index contributed by atoms with van der Waals surface area (Å²) in [6.45, 7) is 1.10. The Bertz CT molecular complexity index is 2720. The Kier molecular flexibility index (Phi) is 19.6. The highest BCUT2D eigenvalue weighted by atomic mass is 35.7. The van der Waals surface area contributed by atoms with Gasteiger partial charge in [-0.15, -0.1) is 30.6 Å². The highest BCUT2D eigenvalue weighted by Crippen LogP contribution is 2.23. The standard InChI is InChI=1S/C11H11N3O5S2.C11H13N3O3S2.C6H4ClNO4S.C4H7N3OS/c1-19-6-10-12-13-11(20-10)7-21(17,18)9-4-2-8(3-5-9)14(15)16;1-17-6-10-13-14-11(18-10)7-19(15,16)9-4-2-8(12)3-5-9;7-13(11,12)6-3-1-5(2-4-6)8(9)10;1-8-2-3-6-7-4(5)9-3/h2-5H,6-7H2,1H3;2-5H,6-7,12H2,1H3;1-4H;2H2,1H3,(H2,5,7). The van der Waals surface area contributed by atoms with E-state index in [0.717, 1.165) is 52.7 Å². The molecular formula is C32H35ClN10O13S6. The van der Waals surface area contributed by atoms with Gasteiger partial charge in [0, 0.05) is 62.0 Å². The zero-order valence-electron chi connectivity index (χ0n) is 32.3. The van der Waals surface area contributed by atoms with Crippen LogP contribution in [0.5, 0.6) is 0 Å². The molecule has 0 spiro atoms. The van der Waals surface area contributed by atoms with Gasteiger partial charge in [-0.3, -0.25) is 20.2 Å². The van der Waals surface area contributed by atoms with E-state index in [1.165, 1.54) is 54.0 Å². The maximum atomic E-state index is 12.2. The van der Waals surface area contributed by atoms with Gasteiger partial charge in [-0.2, -0.15) is 0 Å². The Morgan fingerprint density at radius 2 is 0.855 bits per heavy atom. The Balaban J connectivity index is 0.000000230. The van der Waals surface area contributed by atoms with Crippen molar-refractivity contribution in [3.8, 4) is 0 Å². The monoisotopic (exact) mass is 994 g/mol. The normalized spacial score (nSPS) is 11.2. The van der Waals surface area contributed by atoms with Crippen molar-refractivity contribution in [2.45, 2.75) is 46.0 Å². The SMILES string of the molecule is COCc1nnc(CS(=O)(=O)c2ccc(N)cc2)s1.COCc1nnc(CS(=O)(=O)c2ccc([N+](=O)[O-])cc2)s1.COCc1nnc(N)s1.O=[N+]([O-])c1ccc(S(=O)(=O)Cl)cc1. The molecule has 3 aromatic carbocycles. The predicted octanol–water partition coefficient (Wildman–Crippen LogP) is 4.60. The summed E-state index contributed by atoms with van der Waals surface area (Å²) in [4.78, 5) is 19.6. The summed E-state index contributed by atoms with van der Waals surface area (Å²) >= 11 is 3.73. The van der Waals surface area contributed by atoms with E-state index in [4.69, 9.17) is 36.4 Å². The molecule has 0 aliphatic rings. The van der Waals surface area contributed by atoms with E-state index in [-0.39, 0.29) is 44.2 Å². The van der Waals surface area contributed by atoms with Crippen LogP contribution in [0.15, 0.2) is 87.5 Å². The van der Waals surface area contributed by atoms with E-state index in [9.17, 15) is 45.5 Å². The van der Waals surface area contributed by atoms with Gasteiger partial charge >= 0.3 is 0 Å². The number of methoxy groups -OCH3 is 3. The lowest BCUT2D eigenvalue weighted by molar-refractivity contribution is -0.385. The zero-order chi connectivity index (χ0) is 46.1. The molecule has 6 rings (SSSR count). The zero-order valence-corrected chi connectivity index (χ0v) is 38.0. The van der Waals surface area contributed by atoms with Crippen LogP contribution in [0.1, 0.15) is 25.0 Å². The van der Waals surface area contributed by atoms with Crippen molar-refractivity contribution < 1.29 is 49.3 Å². The van der Waals surface area contributed by atoms with Crippen molar-refractivity contribution >= 4 is 95.6 Å². The van der Waals surface area contributed by atoms with E-state index >= 15 is 0 Å². The Labute approximate surface area is 370 Å². The minimum absolute atomic E-state index is 0.0107. The number of hydrogen-bond donors (Lipinski definition) is 2. The number of benzene rings is 3. The first-order valence-electron chi connectivity index (χ1n) is 16.6. The molecular weight excluding hydrogens is 960 g/mol. The van der Waals surface area contributed by atoms with E-state index in [1.54, 1.807) is 26.4 Å². The second-order valence-electron chi connectivity index (χ2n) is 11.5. The fourth-order valence-corrected chi connectivity index (χ4v) is 10.4. The number of nitro groups is 2. The summed E-state index contributed by atoms with van der Waals surface area (Å²) in [6, 6.07) is 15.2.